The molecule has 0 radical (unpaired) electrons. The number of hydrogen-bond acceptors (Lipinski definition) is 5. The van der Waals surface area contributed by atoms with E-state index >= 15 is 0 Å². The van der Waals surface area contributed by atoms with Crippen molar-refractivity contribution in [1.82, 2.24) is 5.32 Å². The molecule has 156 valence electrons. The molecular formula is C23H24N2O4S. The van der Waals surface area contributed by atoms with E-state index in [2.05, 4.69) is 16.7 Å². The Kier molecular flexibility index (Phi) is 6.08. The number of amides is 2. The van der Waals surface area contributed by atoms with E-state index in [-0.39, 0.29) is 24.3 Å². The molecule has 0 saturated carbocycles. The van der Waals surface area contributed by atoms with Gasteiger partial charge in [0.2, 0.25) is 5.91 Å². The maximum atomic E-state index is 12.6. The third-order valence-electron chi connectivity index (χ3n) is 5.42. The number of esters is 1. The molecule has 2 aliphatic rings. The van der Waals surface area contributed by atoms with Crippen molar-refractivity contribution in [1.29, 1.82) is 0 Å². The molecule has 7 heteroatoms. The Morgan fingerprint density at radius 2 is 1.97 bits per heavy atom. The zero-order valence-corrected chi connectivity index (χ0v) is 17.5. The highest BCUT2D eigenvalue weighted by molar-refractivity contribution is 8.01. The Bertz CT molecular complexity index is 977. The monoisotopic (exact) mass is 424 g/mol. The van der Waals surface area contributed by atoms with Gasteiger partial charge in [0.25, 0.3) is 5.91 Å². The molecule has 6 nitrogen and oxygen atoms in total. The summed E-state index contributed by atoms with van der Waals surface area (Å²) in [5.74, 6) is -1.11. The second-order valence-corrected chi connectivity index (χ2v) is 8.82. The predicted octanol–water partition coefficient (Wildman–Crippen LogP) is 3.62. The molecule has 0 unspecified atom stereocenters. The van der Waals surface area contributed by atoms with Crippen LogP contribution < -0.4 is 10.6 Å². The minimum Gasteiger partial charge on any atom is -0.453 e. The largest absolute Gasteiger partial charge is 0.453 e. The minimum absolute atomic E-state index is 0.0696. The average molecular weight is 425 g/mol. The molecule has 0 spiro atoms. The zero-order valence-electron chi connectivity index (χ0n) is 16.7. The summed E-state index contributed by atoms with van der Waals surface area (Å²) in [6, 6.07) is 15.5. The molecule has 2 aromatic carbocycles. The van der Waals surface area contributed by atoms with Crippen LogP contribution in [0.25, 0.3) is 0 Å². The molecular weight excluding hydrogens is 400 g/mol. The number of anilines is 1. The molecule has 1 heterocycles. The van der Waals surface area contributed by atoms with E-state index in [0.29, 0.717) is 0 Å². The summed E-state index contributed by atoms with van der Waals surface area (Å²) in [7, 11) is 0. The van der Waals surface area contributed by atoms with Crippen molar-refractivity contribution in [3.8, 4) is 0 Å². The SMILES string of the molecule is C[C@H](OC(=O)C[C@H]1Sc2ccccc2NC1=O)C(=O)N[C@@H]1CCCc2ccccc21. The molecule has 0 saturated heterocycles. The molecule has 30 heavy (non-hydrogen) atoms. The maximum absolute atomic E-state index is 12.6. The number of benzene rings is 2. The number of para-hydroxylation sites is 1. The number of fused-ring (bicyclic) bond motifs is 2. The lowest BCUT2D eigenvalue weighted by atomic mass is 9.87. The lowest BCUT2D eigenvalue weighted by Gasteiger charge is -2.27. The molecule has 4 rings (SSSR count). The number of hydrogen-bond donors (Lipinski definition) is 2. The van der Waals surface area contributed by atoms with Crippen molar-refractivity contribution in [3.63, 3.8) is 0 Å². The molecule has 0 bridgehead atoms. The van der Waals surface area contributed by atoms with E-state index in [1.54, 1.807) is 6.92 Å². The first-order valence-electron chi connectivity index (χ1n) is 10.2. The van der Waals surface area contributed by atoms with E-state index in [9.17, 15) is 14.4 Å². The van der Waals surface area contributed by atoms with Gasteiger partial charge in [-0.2, -0.15) is 0 Å². The number of aryl methyl sites for hydroxylation is 1. The average Bonchev–Trinajstić information content (AvgIpc) is 2.74. The summed E-state index contributed by atoms with van der Waals surface area (Å²) in [4.78, 5) is 38.2. The van der Waals surface area contributed by atoms with Crippen LogP contribution in [0.1, 0.15) is 43.4 Å². The van der Waals surface area contributed by atoms with Crippen LogP contribution >= 0.6 is 11.8 Å². The molecule has 1 aliphatic carbocycles. The first kappa shape index (κ1) is 20.5. The number of nitrogens with one attached hydrogen (secondary N) is 2. The van der Waals surface area contributed by atoms with Crippen molar-refractivity contribution in [2.45, 2.75) is 54.9 Å². The number of thioether (sulfide) groups is 1. The van der Waals surface area contributed by atoms with Crippen LogP contribution in [0.4, 0.5) is 5.69 Å². The maximum Gasteiger partial charge on any atom is 0.308 e. The topological polar surface area (TPSA) is 84.5 Å². The Morgan fingerprint density at radius 3 is 2.83 bits per heavy atom. The first-order valence-corrected chi connectivity index (χ1v) is 11.0. The van der Waals surface area contributed by atoms with Gasteiger partial charge in [-0.3, -0.25) is 14.4 Å². The molecule has 2 amide bonds. The Labute approximate surface area is 179 Å². The normalized spacial score (nSPS) is 20.9. The van der Waals surface area contributed by atoms with Crippen LogP contribution in [-0.2, 0) is 25.5 Å². The van der Waals surface area contributed by atoms with E-state index in [1.165, 1.54) is 17.3 Å². The van der Waals surface area contributed by atoms with Crippen LogP contribution in [0.15, 0.2) is 53.4 Å². The van der Waals surface area contributed by atoms with Crippen molar-refractivity contribution in [3.05, 3.63) is 59.7 Å². The van der Waals surface area contributed by atoms with Gasteiger partial charge in [0.05, 0.1) is 23.4 Å². The van der Waals surface area contributed by atoms with Crippen LogP contribution in [-0.4, -0.2) is 29.1 Å². The fourth-order valence-electron chi connectivity index (χ4n) is 3.87. The minimum atomic E-state index is -0.921. The van der Waals surface area contributed by atoms with E-state index in [1.807, 2.05) is 42.5 Å². The van der Waals surface area contributed by atoms with E-state index in [0.717, 1.165) is 35.4 Å². The van der Waals surface area contributed by atoms with Gasteiger partial charge in [0.15, 0.2) is 6.10 Å². The highest BCUT2D eigenvalue weighted by Gasteiger charge is 2.31. The van der Waals surface area contributed by atoms with Crippen molar-refractivity contribution < 1.29 is 19.1 Å². The van der Waals surface area contributed by atoms with Gasteiger partial charge < -0.3 is 15.4 Å². The van der Waals surface area contributed by atoms with Gasteiger partial charge in [-0.05, 0) is 49.4 Å². The third kappa shape index (κ3) is 4.51. The number of ether oxygens (including phenoxy) is 1. The summed E-state index contributed by atoms with van der Waals surface area (Å²) in [5.41, 5.74) is 3.13. The smallest absolute Gasteiger partial charge is 0.308 e. The first-order chi connectivity index (χ1) is 14.5. The Balaban J connectivity index is 1.32. The van der Waals surface area contributed by atoms with Crippen LogP contribution in [0.2, 0.25) is 0 Å². The van der Waals surface area contributed by atoms with Crippen molar-refractivity contribution in [2.24, 2.45) is 0 Å². The fraction of sp³-hybridized carbons (Fsp3) is 0.348. The second kappa shape index (κ2) is 8.92. The van der Waals surface area contributed by atoms with Gasteiger partial charge in [0, 0.05) is 4.90 Å². The molecule has 0 aromatic heterocycles. The summed E-state index contributed by atoms with van der Waals surface area (Å²) in [6.07, 6.45) is 1.87. The molecule has 1 aliphatic heterocycles. The van der Waals surface area contributed by atoms with Crippen molar-refractivity contribution in [2.75, 3.05) is 5.32 Å². The van der Waals surface area contributed by atoms with E-state index < -0.39 is 17.3 Å². The Morgan fingerprint density at radius 1 is 1.20 bits per heavy atom. The zero-order chi connectivity index (χ0) is 21.1. The van der Waals surface area contributed by atoms with Gasteiger partial charge in [-0.15, -0.1) is 11.8 Å². The molecule has 2 N–H and O–H groups in total. The standard InChI is InChI=1S/C23H24N2O4S/c1-14(22(27)24-17-11-6-8-15-7-2-3-9-16(15)17)29-21(26)13-20-23(28)25-18-10-4-5-12-19(18)30-20/h2-5,7,9-10,12,14,17,20H,6,8,11,13H2,1H3,(H,24,27)(H,25,28)/t14-,17+,20+/m0/s1. The van der Waals surface area contributed by atoms with Gasteiger partial charge in [-0.1, -0.05) is 36.4 Å². The van der Waals surface area contributed by atoms with Crippen molar-refractivity contribution >= 4 is 35.2 Å². The number of carbonyl (C=O) groups is 3. The van der Waals surface area contributed by atoms with Gasteiger partial charge >= 0.3 is 5.97 Å². The van der Waals surface area contributed by atoms with E-state index in [4.69, 9.17) is 4.74 Å². The second-order valence-electron chi connectivity index (χ2n) is 7.58. The molecule has 3 atom stereocenters. The fourth-order valence-corrected chi connectivity index (χ4v) is 4.97. The summed E-state index contributed by atoms with van der Waals surface area (Å²) in [5, 5.41) is 5.24. The lowest BCUT2D eigenvalue weighted by Crippen LogP contribution is -2.40. The number of carbonyl (C=O) groups excluding carboxylic acids is 3. The lowest BCUT2D eigenvalue weighted by molar-refractivity contribution is -0.155. The molecule has 0 fully saturated rings. The predicted molar refractivity (Wildman–Crippen MR) is 115 cm³/mol. The van der Waals surface area contributed by atoms with Crippen LogP contribution in [0.3, 0.4) is 0 Å². The molecule has 2 aromatic rings. The van der Waals surface area contributed by atoms with Crippen LogP contribution in [0.5, 0.6) is 0 Å². The number of rotatable bonds is 5. The Hall–Kier alpha value is -2.80. The summed E-state index contributed by atoms with van der Waals surface area (Å²) < 4.78 is 5.34. The summed E-state index contributed by atoms with van der Waals surface area (Å²) >= 11 is 1.34. The summed E-state index contributed by atoms with van der Waals surface area (Å²) in [6.45, 7) is 1.56. The van der Waals surface area contributed by atoms with Gasteiger partial charge in [0.1, 0.15) is 0 Å². The quantitative estimate of drug-likeness (QED) is 0.717. The highest BCUT2D eigenvalue weighted by atomic mass is 32.2. The van der Waals surface area contributed by atoms with Gasteiger partial charge in [-0.25, -0.2) is 0 Å². The van der Waals surface area contributed by atoms with Crippen LogP contribution in [0, 0.1) is 0 Å². The third-order valence-corrected chi connectivity index (χ3v) is 6.70. The highest BCUT2D eigenvalue weighted by Crippen LogP contribution is 2.36.